The highest BCUT2D eigenvalue weighted by Gasteiger charge is 2.42. The fourth-order valence-corrected chi connectivity index (χ4v) is 2.61. The topological polar surface area (TPSA) is 66.6 Å². The highest BCUT2D eigenvalue weighted by Crippen LogP contribution is 2.32. The second kappa shape index (κ2) is 6.68. The third kappa shape index (κ3) is 3.38. The van der Waals surface area contributed by atoms with Gasteiger partial charge in [-0.15, -0.1) is 10.2 Å². The first kappa shape index (κ1) is 16.0. The van der Waals surface area contributed by atoms with E-state index in [2.05, 4.69) is 22.3 Å². The van der Waals surface area contributed by atoms with E-state index >= 15 is 0 Å². The fraction of sp³-hybridized carbons (Fsp3) is 0.529. The van der Waals surface area contributed by atoms with Gasteiger partial charge in [-0.2, -0.15) is 0 Å². The van der Waals surface area contributed by atoms with Crippen molar-refractivity contribution in [3.8, 4) is 5.75 Å². The first-order chi connectivity index (χ1) is 11.1. The van der Waals surface area contributed by atoms with Crippen LogP contribution in [-0.4, -0.2) is 37.1 Å². The van der Waals surface area contributed by atoms with Gasteiger partial charge >= 0.3 is 0 Å². The Morgan fingerprint density at radius 2 is 2.13 bits per heavy atom. The summed E-state index contributed by atoms with van der Waals surface area (Å²) in [4.78, 5) is 0. The van der Waals surface area contributed by atoms with Gasteiger partial charge in [0, 0.05) is 13.5 Å². The van der Waals surface area contributed by atoms with E-state index in [-0.39, 0.29) is 0 Å². The Morgan fingerprint density at radius 1 is 1.26 bits per heavy atom. The number of aromatic nitrogens is 2. The van der Waals surface area contributed by atoms with Gasteiger partial charge in [0.05, 0.1) is 26.2 Å². The van der Waals surface area contributed by atoms with Crippen molar-refractivity contribution in [2.24, 2.45) is 0 Å². The van der Waals surface area contributed by atoms with Gasteiger partial charge < -0.3 is 18.6 Å². The molecule has 23 heavy (non-hydrogen) atoms. The number of hydrogen-bond acceptors (Lipinski definition) is 6. The van der Waals surface area contributed by atoms with Crippen LogP contribution in [0.25, 0.3) is 0 Å². The molecule has 1 fully saturated rings. The van der Waals surface area contributed by atoms with Crippen LogP contribution in [0, 0.1) is 13.8 Å². The second-order valence-electron chi connectivity index (χ2n) is 5.87. The van der Waals surface area contributed by atoms with E-state index in [1.165, 1.54) is 5.56 Å². The molecule has 3 rings (SSSR count). The van der Waals surface area contributed by atoms with E-state index in [1.807, 2.05) is 19.9 Å². The van der Waals surface area contributed by atoms with Gasteiger partial charge in [0.15, 0.2) is 5.60 Å². The van der Waals surface area contributed by atoms with Crippen molar-refractivity contribution in [2.75, 3.05) is 26.9 Å². The number of nitrogens with zero attached hydrogens (tertiary/aromatic N) is 2. The minimum absolute atomic E-state index is 0.449. The van der Waals surface area contributed by atoms with E-state index < -0.39 is 5.60 Å². The minimum atomic E-state index is -0.598. The number of aryl methyl sites for hydroxylation is 2. The molecule has 0 radical (unpaired) electrons. The van der Waals surface area contributed by atoms with Crippen molar-refractivity contribution in [1.82, 2.24) is 10.2 Å². The Morgan fingerprint density at radius 3 is 2.87 bits per heavy atom. The molecule has 2 aromatic rings. The maximum atomic E-state index is 5.82. The minimum Gasteiger partial charge on any atom is -0.493 e. The van der Waals surface area contributed by atoms with Crippen LogP contribution in [0.5, 0.6) is 5.75 Å². The molecule has 1 unspecified atom stereocenters. The Labute approximate surface area is 135 Å². The zero-order chi connectivity index (χ0) is 16.3. The molecule has 2 heterocycles. The smallest absolute Gasteiger partial charge is 0.250 e. The van der Waals surface area contributed by atoms with Crippen LogP contribution in [0.3, 0.4) is 0 Å². The summed E-state index contributed by atoms with van der Waals surface area (Å²) in [5.74, 6) is 1.93. The molecule has 1 saturated heterocycles. The normalized spacial score (nSPS) is 20.8. The zero-order valence-corrected chi connectivity index (χ0v) is 13.8. The summed E-state index contributed by atoms with van der Waals surface area (Å²) in [6.45, 7) is 5.65. The largest absolute Gasteiger partial charge is 0.493 e. The summed E-state index contributed by atoms with van der Waals surface area (Å²) in [5, 5.41) is 8.21. The van der Waals surface area contributed by atoms with Crippen molar-refractivity contribution >= 4 is 0 Å². The number of ether oxygens (including phenoxy) is 3. The highest BCUT2D eigenvalue weighted by atomic mass is 16.6. The summed E-state index contributed by atoms with van der Waals surface area (Å²) in [7, 11) is 1.64. The second-order valence-corrected chi connectivity index (χ2v) is 5.87. The lowest BCUT2D eigenvalue weighted by molar-refractivity contribution is -0.0417. The van der Waals surface area contributed by atoms with E-state index in [0.717, 1.165) is 17.7 Å². The summed E-state index contributed by atoms with van der Waals surface area (Å²) >= 11 is 0. The molecule has 1 atom stereocenters. The molecule has 1 aromatic heterocycles. The van der Waals surface area contributed by atoms with Crippen LogP contribution in [0.2, 0.25) is 0 Å². The molecule has 1 aliphatic heterocycles. The number of rotatable bonds is 6. The molecule has 0 N–H and O–H groups in total. The third-order valence-electron chi connectivity index (χ3n) is 4.15. The van der Waals surface area contributed by atoms with Crippen molar-refractivity contribution in [3.63, 3.8) is 0 Å². The highest BCUT2D eigenvalue weighted by molar-refractivity contribution is 5.35. The first-order valence-electron chi connectivity index (χ1n) is 7.79. The van der Waals surface area contributed by atoms with Gasteiger partial charge in [-0.3, -0.25) is 0 Å². The lowest BCUT2D eigenvalue weighted by Crippen LogP contribution is -2.29. The van der Waals surface area contributed by atoms with Crippen molar-refractivity contribution in [1.29, 1.82) is 0 Å². The van der Waals surface area contributed by atoms with Crippen LogP contribution >= 0.6 is 0 Å². The van der Waals surface area contributed by atoms with Crippen molar-refractivity contribution < 1.29 is 18.6 Å². The molecule has 0 saturated carbocycles. The Bertz CT molecular complexity index is 662. The number of hydrogen-bond donors (Lipinski definition) is 0. The quantitative estimate of drug-likeness (QED) is 0.815. The molecule has 1 aliphatic rings. The van der Waals surface area contributed by atoms with E-state index in [1.54, 1.807) is 7.11 Å². The molecular formula is C17H22N2O4. The van der Waals surface area contributed by atoms with E-state index in [9.17, 15) is 0 Å². The van der Waals surface area contributed by atoms with Crippen LogP contribution in [0.4, 0.5) is 0 Å². The Kier molecular flexibility index (Phi) is 4.63. The summed E-state index contributed by atoms with van der Waals surface area (Å²) in [6, 6.07) is 6.16. The zero-order valence-electron chi connectivity index (χ0n) is 13.8. The third-order valence-corrected chi connectivity index (χ3v) is 4.15. The summed E-state index contributed by atoms with van der Waals surface area (Å²) < 4.78 is 22.5. The van der Waals surface area contributed by atoms with Crippen LogP contribution in [0.1, 0.15) is 29.3 Å². The molecule has 1 aromatic carbocycles. The van der Waals surface area contributed by atoms with Crippen LogP contribution in [-0.2, 0) is 21.5 Å². The number of benzene rings is 1. The van der Waals surface area contributed by atoms with Crippen LogP contribution in [0.15, 0.2) is 22.6 Å². The molecule has 0 spiro atoms. The van der Waals surface area contributed by atoms with E-state index in [0.29, 0.717) is 38.0 Å². The molecule has 6 nitrogen and oxygen atoms in total. The molecule has 124 valence electrons. The molecule has 0 aliphatic carbocycles. The maximum Gasteiger partial charge on any atom is 0.250 e. The van der Waals surface area contributed by atoms with Gasteiger partial charge in [-0.05, 0) is 31.0 Å². The van der Waals surface area contributed by atoms with Gasteiger partial charge in [0.1, 0.15) is 5.75 Å². The first-order valence-corrected chi connectivity index (χ1v) is 7.79. The fourth-order valence-electron chi connectivity index (χ4n) is 2.61. The molecule has 0 bridgehead atoms. The van der Waals surface area contributed by atoms with Gasteiger partial charge in [0.2, 0.25) is 5.89 Å². The van der Waals surface area contributed by atoms with Crippen molar-refractivity contribution in [2.45, 2.75) is 32.3 Å². The average molecular weight is 318 g/mol. The Balaban J connectivity index is 1.60. The summed E-state index contributed by atoms with van der Waals surface area (Å²) in [5.41, 5.74) is 1.69. The predicted molar refractivity (Wildman–Crippen MR) is 83.5 cm³/mol. The standard InChI is InChI=1S/C17H22N2O4/c1-12-4-5-13(2)14(10-12)22-8-6-15-18-19-16(23-15)17(20-3)7-9-21-11-17/h4-5,10H,6-9,11H2,1-3H3. The molecular weight excluding hydrogens is 296 g/mol. The van der Waals surface area contributed by atoms with Crippen molar-refractivity contribution in [3.05, 3.63) is 41.1 Å². The van der Waals surface area contributed by atoms with Crippen LogP contribution < -0.4 is 4.74 Å². The van der Waals surface area contributed by atoms with Gasteiger partial charge in [-0.1, -0.05) is 12.1 Å². The molecule has 6 heteroatoms. The predicted octanol–water partition coefficient (Wildman–Crippen LogP) is 2.57. The molecule has 0 amide bonds. The van der Waals surface area contributed by atoms with Gasteiger partial charge in [0.25, 0.3) is 5.89 Å². The Hall–Kier alpha value is -1.92. The lowest BCUT2D eigenvalue weighted by atomic mass is 10.0. The SMILES string of the molecule is COC1(c2nnc(CCOc3cc(C)ccc3C)o2)CCOC1. The summed E-state index contributed by atoms with van der Waals surface area (Å²) in [6.07, 6.45) is 1.28. The monoisotopic (exact) mass is 318 g/mol. The van der Waals surface area contributed by atoms with Gasteiger partial charge in [-0.25, -0.2) is 0 Å². The number of methoxy groups -OCH3 is 1. The maximum absolute atomic E-state index is 5.82. The van der Waals surface area contributed by atoms with E-state index in [4.69, 9.17) is 18.6 Å². The lowest BCUT2D eigenvalue weighted by Gasteiger charge is -2.20. The average Bonchev–Trinajstić information content (AvgIpc) is 3.20.